The SMILES string of the molecule is c1ccc2cc(-c3ccc4ccc5ccc(-c6ccc(-c7ccc8ccc9ccc(-c%10ccc%11ccccc%11c%10)cc9c8n7)c7ccccc67)nc5c4c3)ccc2c1. The highest BCUT2D eigenvalue weighted by molar-refractivity contribution is 6.11. The van der Waals surface area contributed by atoms with E-state index in [0.29, 0.717) is 0 Å². The number of pyridine rings is 2. The summed E-state index contributed by atoms with van der Waals surface area (Å²) in [5.74, 6) is 0. The molecule has 2 aromatic heterocycles. The van der Waals surface area contributed by atoms with Crippen LogP contribution in [-0.2, 0) is 0 Å². The average molecular weight is 735 g/mol. The number of hydrogen-bond donors (Lipinski definition) is 0. The Hall–Kier alpha value is -7.68. The van der Waals surface area contributed by atoms with E-state index in [2.05, 4.69) is 206 Å². The average Bonchev–Trinajstić information content (AvgIpc) is 3.30. The number of rotatable bonds is 4. The first-order valence-electron chi connectivity index (χ1n) is 19.9. The molecule has 0 aliphatic heterocycles. The number of nitrogens with zero attached hydrogens (tertiary/aromatic N) is 2. The summed E-state index contributed by atoms with van der Waals surface area (Å²) in [5, 5.41) is 14.2. The van der Waals surface area contributed by atoms with Gasteiger partial charge < -0.3 is 0 Å². The minimum Gasteiger partial charge on any atom is -0.247 e. The van der Waals surface area contributed by atoms with Gasteiger partial charge in [-0.25, -0.2) is 9.97 Å². The van der Waals surface area contributed by atoms with Crippen molar-refractivity contribution in [2.45, 2.75) is 0 Å². The third-order valence-corrected chi connectivity index (χ3v) is 12.0. The first kappa shape index (κ1) is 32.6. The molecule has 12 aromatic rings. The van der Waals surface area contributed by atoms with Gasteiger partial charge in [0.05, 0.1) is 22.4 Å². The lowest BCUT2D eigenvalue weighted by molar-refractivity contribution is 1.41. The van der Waals surface area contributed by atoms with Crippen molar-refractivity contribution in [1.82, 2.24) is 9.97 Å². The lowest BCUT2D eigenvalue weighted by Gasteiger charge is -2.14. The van der Waals surface area contributed by atoms with Crippen LogP contribution in [0.4, 0.5) is 0 Å². The maximum Gasteiger partial charge on any atom is 0.0788 e. The highest BCUT2D eigenvalue weighted by Crippen LogP contribution is 2.38. The minimum absolute atomic E-state index is 0.956. The maximum atomic E-state index is 5.42. The van der Waals surface area contributed by atoms with E-state index in [1.54, 1.807) is 0 Å². The van der Waals surface area contributed by atoms with Crippen molar-refractivity contribution < 1.29 is 0 Å². The Bertz CT molecular complexity index is 3400. The second kappa shape index (κ2) is 12.9. The van der Waals surface area contributed by atoms with Gasteiger partial charge in [-0.2, -0.15) is 0 Å². The van der Waals surface area contributed by atoms with Crippen molar-refractivity contribution in [3.8, 4) is 44.8 Å². The van der Waals surface area contributed by atoms with Gasteiger partial charge in [-0.15, -0.1) is 0 Å². The van der Waals surface area contributed by atoms with E-state index in [1.807, 2.05) is 0 Å². The molecule has 2 heteroatoms. The van der Waals surface area contributed by atoms with Crippen LogP contribution in [0.25, 0.3) is 120 Å². The fraction of sp³-hybridized carbons (Fsp3) is 0. The third kappa shape index (κ3) is 5.34. The summed E-state index contributed by atoms with van der Waals surface area (Å²) in [6, 6.07) is 74.7. The summed E-state index contributed by atoms with van der Waals surface area (Å²) < 4.78 is 0. The number of benzene rings is 10. The summed E-state index contributed by atoms with van der Waals surface area (Å²) in [4.78, 5) is 10.8. The van der Waals surface area contributed by atoms with Gasteiger partial charge in [0.25, 0.3) is 0 Å². The van der Waals surface area contributed by atoms with E-state index < -0.39 is 0 Å². The van der Waals surface area contributed by atoms with E-state index in [0.717, 1.165) is 65.9 Å². The summed E-state index contributed by atoms with van der Waals surface area (Å²) in [6.45, 7) is 0. The Kier molecular flexibility index (Phi) is 7.26. The molecule has 2 heterocycles. The monoisotopic (exact) mass is 734 g/mol. The second-order valence-corrected chi connectivity index (χ2v) is 15.4. The molecule has 0 aliphatic carbocycles. The largest absolute Gasteiger partial charge is 0.247 e. The molecule has 0 saturated carbocycles. The first-order valence-corrected chi connectivity index (χ1v) is 19.9. The fourth-order valence-electron chi connectivity index (χ4n) is 8.96. The van der Waals surface area contributed by atoms with Crippen LogP contribution in [0.5, 0.6) is 0 Å². The van der Waals surface area contributed by atoms with Crippen molar-refractivity contribution in [3.05, 3.63) is 206 Å². The molecule has 0 radical (unpaired) electrons. The van der Waals surface area contributed by atoms with Crippen LogP contribution in [0.15, 0.2) is 206 Å². The molecular weight excluding hydrogens is 701 g/mol. The lowest BCUT2D eigenvalue weighted by Crippen LogP contribution is -1.92. The van der Waals surface area contributed by atoms with Crippen molar-refractivity contribution in [2.24, 2.45) is 0 Å². The molecule has 0 bridgehead atoms. The van der Waals surface area contributed by atoms with Gasteiger partial charge in [0, 0.05) is 32.7 Å². The van der Waals surface area contributed by atoms with Crippen LogP contribution in [-0.4, -0.2) is 9.97 Å². The van der Waals surface area contributed by atoms with Gasteiger partial charge in [0.1, 0.15) is 0 Å². The van der Waals surface area contributed by atoms with E-state index in [4.69, 9.17) is 9.97 Å². The zero-order valence-corrected chi connectivity index (χ0v) is 31.5. The van der Waals surface area contributed by atoms with E-state index in [9.17, 15) is 0 Å². The predicted octanol–water partition coefficient (Wildman–Crippen LogP) is 15.2. The summed E-state index contributed by atoms with van der Waals surface area (Å²) in [7, 11) is 0. The molecule has 0 spiro atoms. The van der Waals surface area contributed by atoms with Gasteiger partial charge in [0.15, 0.2) is 0 Å². The summed E-state index contributed by atoms with van der Waals surface area (Å²) in [6.07, 6.45) is 0. The van der Waals surface area contributed by atoms with Crippen LogP contribution >= 0.6 is 0 Å². The first-order chi connectivity index (χ1) is 28.7. The smallest absolute Gasteiger partial charge is 0.0788 e. The Morgan fingerprint density at radius 3 is 1.03 bits per heavy atom. The fourth-order valence-corrected chi connectivity index (χ4v) is 8.96. The predicted molar refractivity (Wildman–Crippen MR) is 246 cm³/mol. The van der Waals surface area contributed by atoms with Gasteiger partial charge in [-0.05, 0) is 102 Å². The second-order valence-electron chi connectivity index (χ2n) is 15.4. The lowest BCUT2D eigenvalue weighted by atomic mass is 9.94. The maximum absolute atomic E-state index is 5.42. The Labute approximate surface area is 335 Å². The van der Waals surface area contributed by atoms with Gasteiger partial charge in [-0.3, -0.25) is 0 Å². The van der Waals surface area contributed by atoms with Crippen molar-refractivity contribution >= 4 is 75.7 Å². The van der Waals surface area contributed by atoms with Gasteiger partial charge >= 0.3 is 0 Å². The molecule has 0 atom stereocenters. The van der Waals surface area contributed by atoms with Crippen molar-refractivity contribution in [2.75, 3.05) is 0 Å². The Balaban J connectivity index is 0.973. The van der Waals surface area contributed by atoms with Crippen LogP contribution < -0.4 is 0 Å². The molecule has 58 heavy (non-hydrogen) atoms. The number of aromatic nitrogens is 2. The highest BCUT2D eigenvalue weighted by Gasteiger charge is 2.15. The van der Waals surface area contributed by atoms with Crippen LogP contribution in [0.2, 0.25) is 0 Å². The highest BCUT2D eigenvalue weighted by atomic mass is 14.7. The summed E-state index contributed by atoms with van der Waals surface area (Å²) >= 11 is 0. The zero-order chi connectivity index (χ0) is 38.2. The number of hydrogen-bond acceptors (Lipinski definition) is 2. The molecule has 0 aliphatic rings. The topological polar surface area (TPSA) is 25.8 Å². The zero-order valence-electron chi connectivity index (χ0n) is 31.5. The molecule has 10 aromatic carbocycles. The molecule has 0 saturated heterocycles. The van der Waals surface area contributed by atoms with Crippen LogP contribution in [0, 0.1) is 0 Å². The van der Waals surface area contributed by atoms with Crippen molar-refractivity contribution in [1.29, 1.82) is 0 Å². The standard InChI is InChI=1S/C56H34N2/c1-3-9-41-31-43(21-13-35(41)7-1)45-23-17-37-15-19-39-25-29-53(57-55(39)51(37)33-45)49-27-28-50(48-12-6-5-11-47(48)49)54-30-26-40-20-16-38-18-24-46(34-52(38)56(40)58-54)44-22-14-36-8-2-4-10-42(36)32-44/h1-34H. The van der Waals surface area contributed by atoms with Crippen LogP contribution in [0.3, 0.4) is 0 Å². The van der Waals surface area contributed by atoms with Crippen LogP contribution in [0.1, 0.15) is 0 Å². The summed E-state index contributed by atoms with van der Waals surface area (Å²) in [5.41, 5.74) is 10.9. The van der Waals surface area contributed by atoms with Gasteiger partial charge in [0.2, 0.25) is 0 Å². The van der Waals surface area contributed by atoms with Gasteiger partial charge in [-0.1, -0.05) is 170 Å². The molecule has 2 nitrogen and oxygen atoms in total. The molecule has 12 rings (SSSR count). The minimum atomic E-state index is 0.956. The van der Waals surface area contributed by atoms with E-state index in [-0.39, 0.29) is 0 Å². The quantitative estimate of drug-likeness (QED) is 0.168. The normalized spacial score (nSPS) is 11.8. The van der Waals surface area contributed by atoms with Crippen molar-refractivity contribution in [3.63, 3.8) is 0 Å². The molecule has 0 amide bonds. The van der Waals surface area contributed by atoms with E-state index in [1.165, 1.54) is 54.6 Å². The molecule has 268 valence electrons. The molecule has 0 N–H and O–H groups in total. The molecule has 0 unspecified atom stereocenters. The van der Waals surface area contributed by atoms with E-state index >= 15 is 0 Å². The Morgan fingerprint density at radius 1 is 0.224 bits per heavy atom. The third-order valence-electron chi connectivity index (χ3n) is 12.0. The number of fused-ring (bicyclic) bond motifs is 9. The molecular formula is C56H34N2. The Morgan fingerprint density at radius 2 is 0.569 bits per heavy atom. The molecule has 0 fully saturated rings.